The number of thiazole rings is 1. The zero-order valence-corrected chi connectivity index (χ0v) is 13.2. The van der Waals surface area contributed by atoms with Gasteiger partial charge in [-0.3, -0.25) is 9.20 Å². The lowest BCUT2D eigenvalue weighted by Crippen LogP contribution is -2.16. The molecule has 4 nitrogen and oxygen atoms in total. The molecule has 0 atom stereocenters. The summed E-state index contributed by atoms with van der Waals surface area (Å²) in [6.07, 6.45) is 0. The number of aromatic nitrogens is 2. The van der Waals surface area contributed by atoms with E-state index in [0.29, 0.717) is 6.54 Å². The number of benzene rings is 1. The van der Waals surface area contributed by atoms with Crippen LogP contribution in [0.4, 0.5) is 5.69 Å². The number of nitrogens with one attached hydrogen (secondary N) is 1. The lowest BCUT2D eigenvalue weighted by atomic mass is 10.3. The molecule has 0 aliphatic rings. The highest BCUT2D eigenvalue weighted by molar-refractivity contribution is 9.10. The molecule has 0 spiro atoms. The summed E-state index contributed by atoms with van der Waals surface area (Å²) in [5, 5.41) is 5.20. The van der Waals surface area contributed by atoms with Crippen molar-refractivity contribution in [1.29, 1.82) is 0 Å². The molecule has 3 rings (SSSR count). The van der Waals surface area contributed by atoms with Gasteiger partial charge in [0.1, 0.15) is 0 Å². The lowest BCUT2D eigenvalue weighted by Gasteiger charge is -2.06. The van der Waals surface area contributed by atoms with Gasteiger partial charge in [0.25, 0.3) is 5.56 Å². The maximum Gasteiger partial charge on any atom is 0.259 e. The molecular formula is C14H12BrN3OS. The van der Waals surface area contributed by atoms with Gasteiger partial charge in [0, 0.05) is 27.3 Å². The number of nitrogens with zero attached hydrogens (tertiary/aromatic N) is 2. The summed E-state index contributed by atoms with van der Waals surface area (Å²) >= 11 is 4.88. The van der Waals surface area contributed by atoms with Crippen molar-refractivity contribution in [2.75, 3.05) is 5.32 Å². The first-order valence-corrected chi connectivity index (χ1v) is 7.77. The fraction of sp³-hybridized carbons (Fsp3) is 0.143. The molecule has 0 saturated heterocycles. The second kappa shape index (κ2) is 5.38. The van der Waals surface area contributed by atoms with Crippen molar-refractivity contribution in [2.24, 2.45) is 0 Å². The van der Waals surface area contributed by atoms with Gasteiger partial charge in [0.2, 0.25) is 0 Å². The zero-order valence-electron chi connectivity index (χ0n) is 10.8. The third kappa shape index (κ3) is 2.62. The Kier molecular flexibility index (Phi) is 3.58. The first-order valence-electron chi connectivity index (χ1n) is 6.10. The van der Waals surface area contributed by atoms with Gasteiger partial charge in [-0.2, -0.15) is 0 Å². The summed E-state index contributed by atoms with van der Waals surface area (Å²) in [4.78, 5) is 17.3. The number of aryl methyl sites for hydroxylation is 1. The normalized spacial score (nSPS) is 10.9. The molecule has 0 fully saturated rings. The van der Waals surface area contributed by atoms with Crippen molar-refractivity contribution in [3.05, 3.63) is 61.9 Å². The van der Waals surface area contributed by atoms with E-state index in [2.05, 4.69) is 26.2 Å². The van der Waals surface area contributed by atoms with E-state index in [1.54, 1.807) is 10.5 Å². The Balaban J connectivity index is 1.84. The van der Waals surface area contributed by atoms with E-state index >= 15 is 0 Å². The van der Waals surface area contributed by atoms with Crippen molar-refractivity contribution in [3.8, 4) is 0 Å². The van der Waals surface area contributed by atoms with Crippen molar-refractivity contribution in [2.45, 2.75) is 13.5 Å². The maximum absolute atomic E-state index is 12.0. The van der Waals surface area contributed by atoms with E-state index in [4.69, 9.17) is 0 Å². The van der Waals surface area contributed by atoms with Crippen LogP contribution < -0.4 is 10.9 Å². The van der Waals surface area contributed by atoms with Crippen LogP contribution in [0.1, 0.15) is 11.4 Å². The quantitative estimate of drug-likeness (QED) is 0.787. The molecule has 0 bridgehead atoms. The third-order valence-electron chi connectivity index (χ3n) is 2.95. The monoisotopic (exact) mass is 349 g/mol. The highest BCUT2D eigenvalue weighted by Gasteiger charge is 2.06. The summed E-state index contributed by atoms with van der Waals surface area (Å²) in [5.41, 5.74) is 2.65. The molecule has 0 radical (unpaired) electrons. The molecule has 0 aliphatic carbocycles. The minimum absolute atomic E-state index is 0.0265. The molecular weight excluding hydrogens is 338 g/mol. The van der Waals surface area contributed by atoms with Crippen LogP contribution in [0.3, 0.4) is 0 Å². The Morgan fingerprint density at radius 2 is 2.10 bits per heavy atom. The predicted molar refractivity (Wildman–Crippen MR) is 85.5 cm³/mol. The SMILES string of the molecule is Cc1csc2nc(CNc3ccc(Br)cc3)cc(=O)n12. The van der Waals surface area contributed by atoms with E-state index in [1.165, 1.54) is 11.3 Å². The topological polar surface area (TPSA) is 46.4 Å². The van der Waals surface area contributed by atoms with Crippen molar-refractivity contribution < 1.29 is 0 Å². The molecule has 0 amide bonds. The van der Waals surface area contributed by atoms with Crippen molar-refractivity contribution >= 4 is 37.9 Å². The Hall–Kier alpha value is -1.66. The van der Waals surface area contributed by atoms with Crippen LogP contribution >= 0.6 is 27.3 Å². The number of hydrogen-bond donors (Lipinski definition) is 1. The summed E-state index contributed by atoms with van der Waals surface area (Å²) in [5.74, 6) is 0. The van der Waals surface area contributed by atoms with Gasteiger partial charge < -0.3 is 5.32 Å². The van der Waals surface area contributed by atoms with E-state index in [0.717, 1.165) is 26.5 Å². The smallest absolute Gasteiger partial charge is 0.259 e. The number of hydrogen-bond acceptors (Lipinski definition) is 4. The van der Waals surface area contributed by atoms with Crippen LogP contribution in [0.5, 0.6) is 0 Å². The standard InChI is InChI=1S/C14H12BrN3OS/c1-9-8-20-14-17-12(6-13(19)18(9)14)7-16-11-4-2-10(15)3-5-11/h2-6,8,16H,7H2,1H3. The molecule has 3 aromatic rings. The predicted octanol–water partition coefficient (Wildman–Crippen LogP) is 3.44. The van der Waals surface area contributed by atoms with Crippen molar-refractivity contribution in [1.82, 2.24) is 9.38 Å². The lowest BCUT2D eigenvalue weighted by molar-refractivity contribution is 0.965. The molecule has 0 unspecified atom stereocenters. The Morgan fingerprint density at radius 1 is 1.35 bits per heavy atom. The molecule has 0 aliphatic heterocycles. The van der Waals surface area contributed by atoms with E-state index in [9.17, 15) is 4.79 Å². The van der Waals surface area contributed by atoms with Crippen LogP contribution in [0.25, 0.3) is 4.96 Å². The zero-order chi connectivity index (χ0) is 14.1. The molecule has 102 valence electrons. The van der Waals surface area contributed by atoms with Crippen LogP contribution in [0.2, 0.25) is 0 Å². The van der Waals surface area contributed by atoms with Gasteiger partial charge in [-0.25, -0.2) is 4.98 Å². The van der Waals surface area contributed by atoms with Crippen LogP contribution in [0, 0.1) is 6.92 Å². The molecule has 0 saturated carbocycles. The Bertz CT molecular complexity index is 807. The largest absolute Gasteiger partial charge is 0.379 e. The second-order valence-electron chi connectivity index (χ2n) is 4.44. The molecule has 2 heterocycles. The third-order valence-corrected chi connectivity index (χ3v) is 4.42. The van der Waals surface area contributed by atoms with Gasteiger partial charge in [-0.05, 0) is 31.2 Å². The van der Waals surface area contributed by atoms with Crippen LogP contribution in [-0.4, -0.2) is 9.38 Å². The number of rotatable bonds is 3. The molecule has 1 N–H and O–H groups in total. The molecule has 6 heteroatoms. The highest BCUT2D eigenvalue weighted by atomic mass is 79.9. The average molecular weight is 350 g/mol. The Morgan fingerprint density at radius 3 is 2.85 bits per heavy atom. The van der Waals surface area contributed by atoms with Gasteiger partial charge in [-0.1, -0.05) is 15.9 Å². The van der Waals surface area contributed by atoms with E-state index in [-0.39, 0.29) is 5.56 Å². The Labute approximate surface area is 128 Å². The average Bonchev–Trinajstić information content (AvgIpc) is 2.80. The first-order chi connectivity index (χ1) is 9.63. The number of fused-ring (bicyclic) bond motifs is 1. The minimum atomic E-state index is -0.0265. The van der Waals surface area contributed by atoms with Crippen LogP contribution in [0.15, 0.2) is 45.0 Å². The van der Waals surface area contributed by atoms with E-state index in [1.807, 2.05) is 36.6 Å². The summed E-state index contributed by atoms with van der Waals surface area (Å²) < 4.78 is 2.67. The summed E-state index contributed by atoms with van der Waals surface area (Å²) in [6, 6.07) is 9.47. The maximum atomic E-state index is 12.0. The van der Waals surface area contributed by atoms with Gasteiger partial charge >= 0.3 is 0 Å². The fourth-order valence-electron chi connectivity index (χ4n) is 1.95. The molecule has 1 aromatic carbocycles. The fourth-order valence-corrected chi connectivity index (χ4v) is 3.11. The summed E-state index contributed by atoms with van der Waals surface area (Å²) in [6.45, 7) is 2.44. The second-order valence-corrected chi connectivity index (χ2v) is 6.19. The summed E-state index contributed by atoms with van der Waals surface area (Å²) in [7, 11) is 0. The first kappa shape index (κ1) is 13.3. The van der Waals surface area contributed by atoms with Gasteiger partial charge in [0.05, 0.1) is 12.2 Å². The van der Waals surface area contributed by atoms with Gasteiger partial charge in [0.15, 0.2) is 4.96 Å². The molecule has 2 aromatic heterocycles. The van der Waals surface area contributed by atoms with Crippen LogP contribution in [-0.2, 0) is 6.54 Å². The highest BCUT2D eigenvalue weighted by Crippen LogP contribution is 2.15. The van der Waals surface area contributed by atoms with Gasteiger partial charge in [-0.15, -0.1) is 11.3 Å². The molecule has 20 heavy (non-hydrogen) atoms. The van der Waals surface area contributed by atoms with Crippen molar-refractivity contribution in [3.63, 3.8) is 0 Å². The number of halogens is 1. The van der Waals surface area contributed by atoms with E-state index < -0.39 is 0 Å². The number of anilines is 1. The minimum Gasteiger partial charge on any atom is -0.379 e.